The monoisotopic (exact) mass is 270 g/mol. The lowest BCUT2D eigenvalue weighted by atomic mass is 10.1. The highest BCUT2D eigenvalue weighted by molar-refractivity contribution is 7.09. The predicted molar refractivity (Wildman–Crippen MR) is 74.4 cm³/mol. The quantitative estimate of drug-likeness (QED) is 0.805. The Kier molecular flexibility index (Phi) is 4.91. The molecule has 102 valence electrons. The summed E-state index contributed by atoms with van der Waals surface area (Å²) < 4.78 is 9.43. The molecule has 1 aromatic rings. The molecule has 18 heavy (non-hydrogen) atoms. The van der Waals surface area contributed by atoms with Gasteiger partial charge in [-0.05, 0) is 26.4 Å². The largest absolute Gasteiger partial charge is 0.384 e. The Balaban J connectivity index is 1.95. The summed E-state index contributed by atoms with van der Waals surface area (Å²) in [6.45, 7) is 3.01. The molecule has 0 spiro atoms. The number of piperidine rings is 1. The van der Waals surface area contributed by atoms with Crippen molar-refractivity contribution in [3.63, 3.8) is 0 Å². The minimum Gasteiger partial charge on any atom is -0.384 e. The third kappa shape index (κ3) is 3.40. The topological polar surface area (TPSA) is 41.5 Å². The first kappa shape index (κ1) is 13.7. The van der Waals surface area contributed by atoms with Crippen LogP contribution in [0.3, 0.4) is 0 Å². The molecule has 0 N–H and O–H groups in total. The number of rotatable bonds is 5. The van der Waals surface area contributed by atoms with E-state index in [1.807, 2.05) is 0 Å². The van der Waals surface area contributed by atoms with Gasteiger partial charge in [0.2, 0.25) is 5.13 Å². The number of hydrogen-bond acceptors (Lipinski definition) is 6. The average molecular weight is 270 g/mol. The number of likely N-dealkylation sites (tertiary alicyclic amines) is 1. The van der Waals surface area contributed by atoms with Crippen LogP contribution in [0.15, 0.2) is 0 Å². The van der Waals surface area contributed by atoms with Crippen molar-refractivity contribution >= 4 is 16.7 Å². The van der Waals surface area contributed by atoms with Crippen molar-refractivity contribution in [2.75, 3.05) is 45.8 Å². The lowest BCUT2D eigenvalue weighted by Gasteiger charge is -2.35. The molecule has 1 aliphatic rings. The molecule has 2 rings (SSSR count). The van der Waals surface area contributed by atoms with E-state index in [4.69, 9.17) is 4.74 Å². The van der Waals surface area contributed by atoms with Crippen LogP contribution in [0, 0.1) is 0 Å². The Morgan fingerprint density at radius 1 is 1.56 bits per heavy atom. The summed E-state index contributed by atoms with van der Waals surface area (Å²) in [6, 6.07) is 0.562. The zero-order valence-electron chi connectivity index (χ0n) is 11.4. The van der Waals surface area contributed by atoms with Crippen LogP contribution in [-0.2, 0) is 11.2 Å². The lowest BCUT2D eigenvalue weighted by Crippen LogP contribution is -2.45. The number of likely N-dealkylation sites (N-methyl/N-ethyl adjacent to an activating group) is 2. The summed E-state index contributed by atoms with van der Waals surface area (Å²) in [4.78, 5) is 9.25. The van der Waals surface area contributed by atoms with Crippen LogP contribution in [0.5, 0.6) is 0 Å². The molecule has 1 aromatic heterocycles. The minimum atomic E-state index is 0.562. The molecule has 6 heteroatoms. The van der Waals surface area contributed by atoms with E-state index in [1.165, 1.54) is 30.9 Å². The second-order valence-electron chi connectivity index (χ2n) is 4.91. The van der Waals surface area contributed by atoms with Crippen LogP contribution in [0.2, 0.25) is 0 Å². The van der Waals surface area contributed by atoms with Gasteiger partial charge in [-0.3, -0.25) is 0 Å². The zero-order valence-corrected chi connectivity index (χ0v) is 12.2. The van der Waals surface area contributed by atoms with Crippen LogP contribution in [0.1, 0.15) is 18.7 Å². The van der Waals surface area contributed by atoms with E-state index < -0.39 is 0 Å². The number of ether oxygens (including phenoxy) is 1. The van der Waals surface area contributed by atoms with Gasteiger partial charge in [-0.1, -0.05) is 0 Å². The average Bonchev–Trinajstić information content (AvgIpc) is 2.84. The van der Waals surface area contributed by atoms with Gasteiger partial charge < -0.3 is 14.5 Å². The van der Waals surface area contributed by atoms with Crippen molar-refractivity contribution < 1.29 is 4.74 Å². The fourth-order valence-electron chi connectivity index (χ4n) is 2.29. The molecular formula is C12H22N4OS. The zero-order chi connectivity index (χ0) is 13.0. The van der Waals surface area contributed by atoms with Gasteiger partial charge in [0, 0.05) is 44.7 Å². The Labute approximate surface area is 113 Å². The number of aromatic nitrogens is 2. The van der Waals surface area contributed by atoms with E-state index >= 15 is 0 Å². The fraction of sp³-hybridized carbons (Fsp3) is 0.833. The van der Waals surface area contributed by atoms with Gasteiger partial charge in [0.25, 0.3) is 0 Å². The third-order valence-electron chi connectivity index (χ3n) is 3.44. The van der Waals surface area contributed by atoms with E-state index in [-0.39, 0.29) is 0 Å². The van der Waals surface area contributed by atoms with Crippen LogP contribution in [0.25, 0.3) is 0 Å². The van der Waals surface area contributed by atoms with Crippen molar-refractivity contribution in [3.05, 3.63) is 5.82 Å². The SMILES string of the molecule is COCCc1nsc(N(C)C2CCCN(C)C2)n1. The third-order valence-corrected chi connectivity index (χ3v) is 4.28. The Morgan fingerprint density at radius 3 is 3.11 bits per heavy atom. The summed E-state index contributed by atoms with van der Waals surface area (Å²) in [5.41, 5.74) is 0. The first-order chi connectivity index (χ1) is 8.70. The summed E-state index contributed by atoms with van der Waals surface area (Å²) in [6.07, 6.45) is 3.31. The van der Waals surface area contributed by atoms with Gasteiger partial charge in [0.05, 0.1) is 6.61 Å². The molecule has 0 saturated carbocycles. The Bertz CT molecular complexity index is 371. The maximum atomic E-state index is 5.05. The van der Waals surface area contributed by atoms with Crippen LogP contribution in [-0.4, -0.2) is 61.2 Å². The van der Waals surface area contributed by atoms with E-state index in [1.54, 1.807) is 7.11 Å². The van der Waals surface area contributed by atoms with Crippen molar-refractivity contribution in [3.8, 4) is 0 Å². The van der Waals surface area contributed by atoms with Crippen molar-refractivity contribution in [1.82, 2.24) is 14.3 Å². The maximum Gasteiger partial charge on any atom is 0.205 e. The summed E-state index contributed by atoms with van der Waals surface area (Å²) in [5, 5.41) is 1.03. The predicted octanol–water partition coefficient (Wildman–Crippen LogP) is 1.26. The van der Waals surface area contributed by atoms with Crippen LogP contribution < -0.4 is 4.90 Å². The summed E-state index contributed by atoms with van der Waals surface area (Å²) >= 11 is 1.49. The first-order valence-corrected chi connectivity index (χ1v) is 7.21. The molecule has 1 aliphatic heterocycles. The van der Waals surface area contributed by atoms with Gasteiger partial charge >= 0.3 is 0 Å². The van der Waals surface area contributed by atoms with E-state index in [9.17, 15) is 0 Å². The van der Waals surface area contributed by atoms with E-state index in [0.717, 1.165) is 23.9 Å². The fourth-order valence-corrected chi connectivity index (χ4v) is 3.04. The second-order valence-corrected chi connectivity index (χ2v) is 5.64. The molecule has 1 fully saturated rings. The number of hydrogen-bond donors (Lipinski definition) is 0. The van der Waals surface area contributed by atoms with Crippen molar-refractivity contribution in [2.24, 2.45) is 0 Å². The Morgan fingerprint density at radius 2 is 2.39 bits per heavy atom. The first-order valence-electron chi connectivity index (χ1n) is 6.43. The molecule has 0 aromatic carbocycles. The molecule has 2 heterocycles. The van der Waals surface area contributed by atoms with Gasteiger partial charge in [0.1, 0.15) is 5.82 Å². The second kappa shape index (κ2) is 6.45. The van der Waals surface area contributed by atoms with Crippen LogP contribution in [0.4, 0.5) is 5.13 Å². The van der Waals surface area contributed by atoms with Crippen molar-refractivity contribution in [2.45, 2.75) is 25.3 Å². The van der Waals surface area contributed by atoms with Gasteiger partial charge in [-0.2, -0.15) is 4.37 Å². The number of methoxy groups -OCH3 is 1. The smallest absolute Gasteiger partial charge is 0.205 e. The maximum absolute atomic E-state index is 5.05. The minimum absolute atomic E-state index is 0.562. The molecule has 1 saturated heterocycles. The molecule has 1 atom stereocenters. The van der Waals surface area contributed by atoms with E-state index in [0.29, 0.717) is 12.6 Å². The highest BCUT2D eigenvalue weighted by Crippen LogP contribution is 2.22. The molecule has 0 aliphatic carbocycles. The molecular weight excluding hydrogens is 248 g/mol. The summed E-state index contributed by atoms with van der Waals surface area (Å²) in [7, 11) is 6.02. The number of nitrogens with zero attached hydrogens (tertiary/aromatic N) is 4. The van der Waals surface area contributed by atoms with Gasteiger partial charge in [-0.15, -0.1) is 0 Å². The van der Waals surface area contributed by atoms with Gasteiger partial charge in [-0.25, -0.2) is 4.98 Å². The van der Waals surface area contributed by atoms with E-state index in [2.05, 4.69) is 33.3 Å². The number of anilines is 1. The molecule has 1 unspecified atom stereocenters. The highest BCUT2D eigenvalue weighted by atomic mass is 32.1. The summed E-state index contributed by atoms with van der Waals surface area (Å²) in [5.74, 6) is 0.896. The Hall–Kier alpha value is -0.720. The molecule has 0 radical (unpaired) electrons. The van der Waals surface area contributed by atoms with Crippen molar-refractivity contribution in [1.29, 1.82) is 0 Å². The normalized spacial score (nSPS) is 21.2. The van der Waals surface area contributed by atoms with Gasteiger partial charge in [0.15, 0.2) is 0 Å². The molecule has 0 amide bonds. The molecule has 5 nitrogen and oxygen atoms in total. The van der Waals surface area contributed by atoms with Crippen LogP contribution >= 0.6 is 11.5 Å². The standard InChI is InChI=1S/C12H22N4OS/c1-15-7-4-5-10(9-15)16(2)12-13-11(14-18-12)6-8-17-3/h10H,4-9H2,1-3H3. The molecule has 0 bridgehead atoms. The lowest BCUT2D eigenvalue weighted by molar-refractivity contribution is 0.201. The highest BCUT2D eigenvalue weighted by Gasteiger charge is 2.23.